The number of nitrogens with one attached hydrogen (secondary N) is 1. The third-order valence-electron chi connectivity index (χ3n) is 5.51. The fourth-order valence-corrected chi connectivity index (χ4v) is 7.10. The van der Waals surface area contributed by atoms with Crippen molar-refractivity contribution < 1.29 is 19.1 Å². The van der Waals surface area contributed by atoms with Gasteiger partial charge in [-0.25, -0.2) is 4.79 Å². The van der Waals surface area contributed by atoms with Gasteiger partial charge in [0, 0.05) is 16.9 Å². The molecule has 0 atom stereocenters. The number of ether oxygens (including phenoxy) is 1. The summed E-state index contributed by atoms with van der Waals surface area (Å²) in [5.74, 6) is -0.842. The highest BCUT2D eigenvalue weighted by Crippen LogP contribution is 2.38. The van der Waals surface area contributed by atoms with Crippen molar-refractivity contribution in [2.24, 2.45) is 12.0 Å². The number of nitrogens with zero attached hydrogens (tertiary/aromatic N) is 2. The van der Waals surface area contributed by atoms with Gasteiger partial charge in [0.15, 0.2) is 4.80 Å². The number of fused-ring (bicyclic) bond motifs is 2. The molecule has 2 aromatic heterocycles. The van der Waals surface area contributed by atoms with Crippen LogP contribution >= 0.6 is 46.0 Å². The van der Waals surface area contributed by atoms with Crippen molar-refractivity contribution in [1.29, 1.82) is 0 Å². The molecule has 180 valence electrons. The van der Waals surface area contributed by atoms with E-state index in [0.717, 1.165) is 52.8 Å². The minimum Gasteiger partial charge on any atom is -0.465 e. The molecule has 0 saturated heterocycles. The number of hydrogen-bond acceptors (Lipinski definition) is 7. The van der Waals surface area contributed by atoms with Crippen LogP contribution in [0, 0.1) is 0 Å². The van der Waals surface area contributed by atoms with Crippen molar-refractivity contribution in [3.05, 3.63) is 44.0 Å². The zero-order valence-corrected chi connectivity index (χ0v) is 22.0. The van der Waals surface area contributed by atoms with E-state index < -0.39 is 5.97 Å². The van der Waals surface area contributed by atoms with Gasteiger partial charge < -0.3 is 14.6 Å². The zero-order valence-electron chi connectivity index (χ0n) is 18.8. The van der Waals surface area contributed by atoms with Gasteiger partial charge in [-0.05, 0) is 49.4 Å². The molecule has 1 N–H and O–H groups in total. The number of amides is 2. The number of aromatic nitrogens is 1. The Morgan fingerprint density at radius 1 is 1.18 bits per heavy atom. The van der Waals surface area contributed by atoms with Crippen LogP contribution in [0.25, 0.3) is 10.2 Å². The molecule has 2 heterocycles. The van der Waals surface area contributed by atoms with Crippen LogP contribution in [0.3, 0.4) is 0 Å². The van der Waals surface area contributed by atoms with Crippen LogP contribution in [0.15, 0.2) is 23.2 Å². The summed E-state index contributed by atoms with van der Waals surface area (Å²) in [5, 5.41) is 4.03. The van der Waals surface area contributed by atoms with E-state index in [0.29, 0.717) is 20.4 Å². The number of anilines is 1. The fraction of sp³-hybridized carbons (Fsp3) is 0.391. The maximum Gasteiger partial charge on any atom is 0.341 e. The summed E-state index contributed by atoms with van der Waals surface area (Å²) >= 11 is 10.1. The lowest BCUT2D eigenvalue weighted by Gasteiger charge is -2.07. The van der Waals surface area contributed by atoms with Gasteiger partial charge in [-0.1, -0.05) is 29.4 Å². The highest BCUT2D eigenvalue weighted by Gasteiger charge is 2.26. The van der Waals surface area contributed by atoms with Crippen molar-refractivity contribution in [3.63, 3.8) is 0 Å². The summed E-state index contributed by atoms with van der Waals surface area (Å²) in [5.41, 5.74) is 2.43. The van der Waals surface area contributed by atoms with E-state index in [9.17, 15) is 14.4 Å². The van der Waals surface area contributed by atoms with E-state index in [2.05, 4.69) is 10.3 Å². The standard InChI is InChI=1S/C23H24ClN3O4S3/c1-27-15-9-8-13(24)10-17(15)34-23(27)26-19(29)12-32-11-18(28)25-21-20(22(30)31-2)14-6-4-3-5-7-16(14)33-21/h8-10H,3-7,11-12H2,1-2H3,(H,25,28). The quantitative estimate of drug-likeness (QED) is 0.360. The molecule has 0 unspecified atom stereocenters. The Labute approximate surface area is 214 Å². The Bertz CT molecular complexity index is 1320. The maximum atomic E-state index is 12.6. The maximum absolute atomic E-state index is 12.6. The van der Waals surface area contributed by atoms with E-state index in [1.165, 1.54) is 41.5 Å². The molecular formula is C23H24ClN3O4S3. The van der Waals surface area contributed by atoms with E-state index in [4.69, 9.17) is 16.3 Å². The van der Waals surface area contributed by atoms with Gasteiger partial charge in [0.2, 0.25) is 5.91 Å². The Balaban J connectivity index is 1.39. The van der Waals surface area contributed by atoms with Gasteiger partial charge in [0.1, 0.15) is 5.00 Å². The van der Waals surface area contributed by atoms with Crippen LogP contribution in [-0.4, -0.2) is 41.0 Å². The number of methoxy groups -OCH3 is 1. The van der Waals surface area contributed by atoms with E-state index in [1.54, 1.807) is 6.07 Å². The lowest BCUT2D eigenvalue weighted by Crippen LogP contribution is -2.18. The number of benzene rings is 1. The van der Waals surface area contributed by atoms with Crippen molar-refractivity contribution in [3.8, 4) is 0 Å². The largest absolute Gasteiger partial charge is 0.465 e. The third kappa shape index (κ3) is 5.56. The first-order chi connectivity index (χ1) is 16.4. The summed E-state index contributed by atoms with van der Waals surface area (Å²) in [4.78, 5) is 43.3. The third-order valence-corrected chi connectivity index (χ3v) is 8.97. The normalized spacial score (nSPS) is 14.0. The van der Waals surface area contributed by atoms with Gasteiger partial charge >= 0.3 is 5.97 Å². The first kappa shape index (κ1) is 25.0. The number of carbonyl (C=O) groups excluding carboxylic acids is 3. The lowest BCUT2D eigenvalue weighted by molar-refractivity contribution is -0.115. The van der Waals surface area contributed by atoms with Gasteiger partial charge in [0.05, 0.1) is 34.4 Å². The molecule has 3 aromatic rings. The van der Waals surface area contributed by atoms with Crippen LogP contribution in [-0.2, 0) is 34.2 Å². The Morgan fingerprint density at radius 2 is 1.97 bits per heavy atom. The predicted octanol–water partition coefficient (Wildman–Crippen LogP) is 4.81. The monoisotopic (exact) mass is 537 g/mol. The highest BCUT2D eigenvalue weighted by atomic mass is 35.5. The van der Waals surface area contributed by atoms with Crippen molar-refractivity contribution in [2.75, 3.05) is 23.9 Å². The average molecular weight is 538 g/mol. The first-order valence-electron chi connectivity index (χ1n) is 10.8. The van der Waals surface area contributed by atoms with Crippen molar-refractivity contribution in [2.45, 2.75) is 32.1 Å². The van der Waals surface area contributed by atoms with E-state index in [1.807, 2.05) is 23.7 Å². The number of halogens is 1. The fourth-order valence-electron chi connectivity index (χ4n) is 3.90. The number of esters is 1. The van der Waals surface area contributed by atoms with Crippen LogP contribution in [0.2, 0.25) is 5.02 Å². The number of carbonyl (C=O) groups is 3. The van der Waals surface area contributed by atoms with Gasteiger partial charge in [-0.2, -0.15) is 4.99 Å². The number of hydrogen-bond donors (Lipinski definition) is 1. The number of aryl methyl sites for hydroxylation is 2. The molecule has 0 bridgehead atoms. The summed E-state index contributed by atoms with van der Waals surface area (Å²) in [6, 6.07) is 5.54. The SMILES string of the molecule is COC(=O)c1c(NC(=O)CSCC(=O)N=c2sc3cc(Cl)ccc3n2C)sc2c1CCCCC2. The molecule has 0 radical (unpaired) electrons. The van der Waals surface area contributed by atoms with Crippen LogP contribution in [0.5, 0.6) is 0 Å². The summed E-state index contributed by atoms with van der Waals surface area (Å²) in [7, 11) is 3.20. The molecule has 1 aliphatic carbocycles. The molecule has 0 saturated carbocycles. The molecule has 7 nitrogen and oxygen atoms in total. The van der Waals surface area contributed by atoms with Crippen LogP contribution < -0.4 is 10.1 Å². The Hall–Kier alpha value is -2.14. The molecular weight excluding hydrogens is 514 g/mol. The van der Waals surface area contributed by atoms with Crippen LogP contribution in [0.4, 0.5) is 5.00 Å². The molecule has 1 aromatic carbocycles. The topological polar surface area (TPSA) is 89.8 Å². The molecule has 0 fully saturated rings. The molecule has 4 rings (SSSR count). The van der Waals surface area contributed by atoms with Crippen molar-refractivity contribution >= 4 is 79.0 Å². The van der Waals surface area contributed by atoms with Gasteiger partial charge in [-0.3, -0.25) is 9.59 Å². The molecule has 2 amide bonds. The van der Waals surface area contributed by atoms with Gasteiger partial charge in [0.25, 0.3) is 5.91 Å². The second-order valence-corrected chi connectivity index (χ2v) is 11.4. The number of thioether (sulfide) groups is 1. The second kappa shape index (κ2) is 11.1. The second-order valence-electron chi connectivity index (χ2n) is 7.86. The number of rotatable bonds is 6. The van der Waals surface area contributed by atoms with Gasteiger partial charge in [-0.15, -0.1) is 23.1 Å². The van der Waals surface area contributed by atoms with E-state index in [-0.39, 0.29) is 23.3 Å². The first-order valence-corrected chi connectivity index (χ1v) is 14.0. The predicted molar refractivity (Wildman–Crippen MR) is 139 cm³/mol. The Kier molecular flexibility index (Phi) is 8.13. The summed E-state index contributed by atoms with van der Waals surface area (Å²) in [6.45, 7) is 0. The number of thiazole rings is 1. The molecule has 34 heavy (non-hydrogen) atoms. The summed E-state index contributed by atoms with van der Waals surface area (Å²) < 4.78 is 7.77. The number of thiophene rings is 1. The molecule has 11 heteroatoms. The van der Waals surface area contributed by atoms with Crippen LogP contribution in [0.1, 0.15) is 40.1 Å². The smallest absolute Gasteiger partial charge is 0.341 e. The average Bonchev–Trinajstić information content (AvgIpc) is 3.18. The van der Waals surface area contributed by atoms with E-state index >= 15 is 0 Å². The lowest BCUT2D eigenvalue weighted by atomic mass is 10.1. The summed E-state index contributed by atoms with van der Waals surface area (Å²) in [6.07, 6.45) is 4.96. The highest BCUT2D eigenvalue weighted by molar-refractivity contribution is 8.00. The Morgan fingerprint density at radius 3 is 2.76 bits per heavy atom. The van der Waals surface area contributed by atoms with Crippen molar-refractivity contribution in [1.82, 2.24) is 4.57 Å². The molecule has 0 aliphatic heterocycles. The molecule has 0 spiro atoms. The minimum absolute atomic E-state index is 0.0766. The zero-order chi connectivity index (χ0) is 24.2. The minimum atomic E-state index is -0.422. The molecule has 1 aliphatic rings.